The highest BCUT2D eigenvalue weighted by atomic mass is 19.1. The van der Waals surface area contributed by atoms with Crippen molar-refractivity contribution in [3.8, 4) is 11.8 Å². The third-order valence-corrected chi connectivity index (χ3v) is 3.82. The molecule has 0 saturated carbocycles. The zero-order valence-corrected chi connectivity index (χ0v) is 13.8. The van der Waals surface area contributed by atoms with Gasteiger partial charge < -0.3 is 14.8 Å². The number of rotatable bonds is 5. The summed E-state index contributed by atoms with van der Waals surface area (Å²) in [6.45, 7) is 2.32. The number of hydrogen-bond donors (Lipinski definition) is 1. The molecule has 25 heavy (non-hydrogen) atoms. The van der Waals surface area contributed by atoms with Crippen LogP contribution in [0.1, 0.15) is 5.56 Å². The van der Waals surface area contributed by atoms with Crippen molar-refractivity contribution in [2.24, 2.45) is 0 Å². The molecular formula is C17H19FN4O3. The molecule has 1 atom stereocenters. The van der Waals surface area contributed by atoms with Crippen molar-refractivity contribution in [3.63, 3.8) is 0 Å². The number of nitrogens with zero attached hydrogens (tertiary/aromatic N) is 3. The SMILES string of the molecule is CNC(=O)[C@@H]1CN(Cc2cnc(Oc3ccccc3F)nc2)CCO1. The molecule has 1 amide bonds. The maximum absolute atomic E-state index is 13.6. The highest BCUT2D eigenvalue weighted by molar-refractivity contribution is 5.80. The normalized spacial score (nSPS) is 17.9. The Bertz CT molecular complexity index is 726. The van der Waals surface area contributed by atoms with E-state index in [1.165, 1.54) is 12.1 Å². The van der Waals surface area contributed by atoms with Crippen LogP contribution >= 0.6 is 0 Å². The van der Waals surface area contributed by atoms with E-state index in [4.69, 9.17) is 9.47 Å². The van der Waals surface area contributed by atoms with Gasteiger partial charge in [-0.3, -0.25) is 9.69 Å². The lowest BCUT2D eigenvalue weighted by Crippen LogP contribution is -2.48. The van der Waals surface area contributed by atoms with E-state index in [2.05, 4.69) is 20.2 Å². The summed E-state index contributed by atoms with van der Waals surface area (Å²) in [5, 5.41) is 2.59. The molecule has 1 aliphatic rings. The van der Waals surface area contributed by atoms with E-state index in [1.54, 1.807) is 31.6 Å². The van der Waals surface area contributed by atoms with E-state index in [0.29, 0.717) is 19.7 Å². The molecule has 1 aromatic heterocycles. The fourth-order valence-corrected chi connectivity index (χ4v) is 2.53. The van der Waals surface area contributed by atoms with Crippen molar-refractivity contribution in [1.29, 1.82) is 0 Å². The van der Waals surface area contributed by atoms with Gasteiger partial charge in [-0.15, -0.1) is 0 Å². The smallest absolute Gasteiger partial charge is 0.321 e. The Morgan fingerprint density at radius 1 is 1.40 bits per heavy atom. The first-order valence-corrected chi connectivity index (χ1v) is 7.94. The average Bonchev–Trinajstić information content (AvgIpc) is 2.65. The molecule has 2 heterocycles. The lowest BCUT2D eigenvalue weighted by atomic mass is 10.2. The number of carbonyl (C=O) groups excluding carboxylic acids is 1. The Morgan fingerprint density at radius 3 is 2.88 bits per heavy atom. The van der Waals surface area contributed by atoms with Crippen molar-refractivity contribution in [3.05, 3.63) is 48.0 Å². The van der Waals surface area contributed by atoms with Gasteiger partial charge in [0.2, 0.25) is 5.91 Å². The highest BCUT2D eigenvalue weighted by Crippen LogP contribution is 2.21. The molecule has 1 aromatic carbocycles. The predicted molar refractivity (Wildman–Crippen MR) is 87.6 cm³/mol. The summed E-state index contributed by atoms with van der Waals surface area (Å²) in [5.41, 5.74) is 0.874. The van der Waals surface area contributed by atoms with E-state index in [-0.39, 0.29) is 17.7 Å². The largest absolute Gasteiger partial charge is 0.421 e. The van der Waals surface area contributed by atoms with Crippen LogP contribution in [-0.2, 0) is 16.1 Å². The highest BCUT2D eigenvalue weighted by Gasteiger charge is 2.25. The second-order valence-electron chi connectivity index (χ2n) is 5.62. The number of likely N-dealkylation sites (N-methyl/N-ethyl adjacent to an activating group) is 1. The lowest BCUT2D eigenvalue weighted by molar-refractivity contribution is -0.138. The van der Waals surface area contributed by atoms with Gasteiger partial charge >= 0.3 is 6.01 Å². The summed E-state index contributed by atoms with van der Waals surface area (Å²) in [4.78, 5) is 22.0. The van der Waals surface area contributed by atoms with E-state index >= 15 is 0 Å². The summed E-state index contributed by atoms with van der Waals surface area (Å²) < 4.78 is 24.4. The van der Waals surface area contributed by atoms with Gasteiger partial charge in [-0.05, 0) is 12.1 Å². The van der Waals surface area contributed by atoms with E-state index in [9.17, 15) is 9.18 Å². The van der Waals surface area contributed by atoms with Gasteiger partial charge in [0.15, 0.2) is 11.6 Å². The number of para-hydroxylation sites is 1. The summed E-state index contributed by atoms with van der Waals surface area (Å²) >= 11 is 0. The Morgan fingerprint density at radius 2 is 2.16 bits per heavy atom. The van der Waals surface area contributed by atoms with Crippen LogP contribution in [0.15, 0.2) is 36.7 Å². The summed E-state index contributed by atoms with van der Waals surface area (Å²) in [6, 6.07) is 6.16. The number of nitrogens with one attached hydrogen (secondary N) is 1. The number of halogens is 1. The minimum absolute atomic E-state index is 0.0804. The molecule has 0 radical (unpaired) electrons. The molecule has 2 aromatic rings. The number of ether oxygens (including phenoxy) is 2. The quantitative estimate of drug-likeness (QED) is 0.881. The number of benzene rings is 1. The Balaban J connectivity index is 1.59. The second kappa shape index (κ2) is 8.00. The van der Waals surface area contributed by atoms with Crippen molar-refractivity contribution >= 4 is 5.91 Å². The van der Waals surface area contributed by atoms with Gasteiger partial charge in [-0.25, -0.2) is 14.4 Å². The van der Waals surface area contributed by atoms with Crippen molar-refractivity contribution in [2.75, 3.05) is 26.7 Å². The zero-order valence-electron chi connectivity index (χ0n) is 13.8. The van der Waals surface area contributed by atoms with Crippen LogP contribution in [0.25, 0.3) is 0 Å². The Hall–Kier alpha value is -2.58. The number of amides is 1. The molecule has 0 unspecified atom stereocenters. The minimum Gasteiger partial charge on any atom is -0.421 e. The first kappa shape index (κ1) is 17.2. The molecule has 0 spiro atoms. The maximum Gasteiger partial charge on any atom is 0.321 e. The van der Waals surface area contributed by atoms with Gasteiger partial charge in [0.25, 0.3) is 0 Å². The van der Waals surface area contributed by atoms with Crippen LogP contribution in [0.4, 0.5) is 4.39 Å². The van der Waals surface area contributed by atoms with Gasteiger partial charge in [0.1, 0.15) is 6.10 Å². The van der Waals surface area contributed by atoms with Crippen LogP contribution in [0.3, 0.4) is 0 Å². The Labute approximate surface area is 144 Å². The molecule has 132 valence electrons. The zero-order chi connectivity index (χ0) is 17.6. The fourth-order valence-electron chi connectivity index (χ4n) is 2.53. The van der Waals surface area contributed by atoms with Gasteiger partial charge in [0, 0.05) is 44.6 Å². The second-order valence-corrected chi connectivity index (χ2v) is 5.62. The van der Waals surface area contributed by atoms with Crippen molar-refractivity contribution < 1.29 is 18.7 Å². The first-order valence-electron chi connectivity index (χ1n) is 7.94. The Kier molecular flexibility index (Phi) is 5.52. The number of morpholine rings is 1. The third kappa shape index (κ3) is 4.49. The molecule has 0 bridgehead atoms. The van der Waals surface area contributed by atoms with Crippen molar-refractivity contribution in [1.82, 2.24) is 20.2 Å². The molecular weight excluding hydrogens is 327 g/mol. The molecule has 1 N–H and O–H groups in total. The molecule has 0 aliphatic carbocycles. The average molecular weight is 346 g/mol. The number of carbonyl (C=O) groups is 1. The van der Waals surface area contributed by atoms with E-state index < -0.39 is 11.9 Å². The molecule has 1 aliphatic heterocycles. The molecule has 3 rings (SSSR count). The van der Waals surface area contributed by atoms with Crippen LogP contribution in [0.2, 0.25) is 0 Å². The summed E-state index contributed by atoms with van der Waals surface area (Å²) in [5.74, 6) is -0.518. The van der Waals surface area contributed by atoms with Gasteiger partial charge in [0.05, 0.1) is 6.61 Å². The van der Waals surface area contributed by atoms with Gasteiger partial charge in [-0.1, -0.05) is 12.1 Å². The summed E-state index contributed by atoms with van der Waals surface area (Å²) in [6.07, 6.45) is 2.80. The maximum atomic E-state index is 13.6. The first-order chi connectivity index (χ1) is 12.2. The molecule has 1 saturated heterocycles. The monoisotopic (exact) mass is 346 g/mol. The van der Waals surface area contributed by atoms with Crippen LogP contribution < -0.4 is 10.1 Å². The third-order valence-electron chi connectivity index (χ3n) is 3.82. The van der Waals surface area contributed by atoms with Crippen LogP contribution in [0, 0.1) is 5.82 Å². The minimum atomic E-state index is -0.469. The standard InChI is InChI=1S/C17H19FN4O3/c1-19-16(23)15-11-22(6-7-24-15)10-12-8-20-17(21-9-12)25-14-5-3-2-4-13(14)18/h2-5,8-9,15H,6-7,10-11H2,1H3,(H,19,23)/t15-/m0/s1. The molecule has 8 heteroatoms. The van der Waals surface area contributed by atoms with E-state index in [0.717, 1.165) is 12.1 Å². The molecule has 1 fully saturated rings. The van der Waals surface area contributed by atoms with Crippen LogP contribution in [0.5, 0.6) is 11.8 Å². The summed E-state index contributed by atoms with van der Waals surface area (Å²) in [7, 11) is 1.59. The number of aromatic nitrogens is 2. The lowest BCUT2D eigenvalue weighted by Gasteiger charge is -2.31. The fraction of sp³-hybridized carbons (Fsp3) is 0.353. The van der Waals surface area contributed by atoms with Crippen molar-refractivity contribution in [2.45, 2.75) is 12.6 Å². The van der Waals surface area contributed by atoms with Gasteiger partial charge in [-0.2, -0.15) is 0 Å². The topological polar surface area (TPSA) is 76.6 Å². The van der Waals surface area contributed by atoms with Crippen LogP contribution in [-0.4, -0.2) is 53.6 Å². The predicted octanol–water partition coefficient (Wildman–Crippen LogP) is 1.35. The number of hydrogen-bond acceptors (Lipinski definition) is 6. The molecule has 7 nitrogen and oxygen atoms in total. The van der Waals surface area contributed by atoms with E-state index in [1.807, 2.05) is 0 Å².